The third-order valence-electron chi connectivity index (χ3n) is 6.51. The van der Waals surface area contributed by atoms with Crippen LogP contribution in [-0.2, 0) is 0 Å². The Bertz CT molecular complexity index is 1860. The molecule has 2 aromatic heterocycles. The minimum atomic E-state index is -3.73. The Morgan fingerprint density at radius 1 is 1.07 bits per heavy atom. The minimum absolute atomic E-state index is 0.0850. The van der Waals surface area contributed by atoms with Crippen molar-refractivity contribution < 1.29 is 32.6 Å². The number of halogens is 2. The molecule has 0 radical (unpaired) electrons. The number of aromatic nitrogens is 2. The molecule has 0 fully saturated rings. The van der Waals surface area contributed by atoms with Crippen molar-refractivity contribution in [1.82, 2.24) is 9.78 Å². The third kappa shape index (κ3) is 4.51. The first-order chi connectivity index (χ1) is 19.1. The van der Waals surface area contributed by atoms with Gasteiger partial charge in [-0.25, -0.2) is 9.48 Å². The number of carboxylic acids is 1. The molecule has 0 amide bonds. The highest BCUT2D eigenvalue weighted by molar-refractivity contribution is 5.94. The van der Waals surface area contributed by atoms with E-state index in [1.165, 1.54) is 35.1 Å². The second kappa shape index (κ2) is 9.23. The zero-order valence-corrected chi connectivity index (χ0v) is 21.1. The fourth-order valence-electron chi connectivity index (χ4n) is 4.68. The average Bonchev–Trinajstić information content (AvgIpc) is 3.51. The van der Waals surface area contributed by atoms with Gasteiger partial charge >= 0.3 is 12.3 Å². The van der Waals surface area contributed by atoms with E-state index in [0.29, 0.717) is 33.5 Å². The Balaban J connectivity index is 1.38. The summed E-state index contributed by atoms with van der Waals surface area (Å²) >= 11 is 0. The number of carbonyl (C=O) groups is 1. The van der Waals surface area contributed by atoms with E-state index in [1.54, 1.807) is 36.5 Å². The highest BCUT2D eigenvalue weighted by Crippen LogP contribution is 2.42. The number of hydrogen-bond donors (Lipinski definition) is 2. The largest absolute Gasteiger partial charge is 0.586 e. The van der Waals surface area contributed by atoms with Gasteiger partial charge in [0.25, 0.3) is 0 Å². The van der Waals surface area contributed by atoms with Crippen LogP contribution >= 0.6 is 0 Å². The Labute approximate surface area is 225 Å². The maximum atomic E-state index is 13.4. The van der Waals surface area contributed by atoms with Gasteiger partial charge < -0.3 is 24.3 Å². The van der Waals surface area contributed by atoms with Crippen LogP contribution in [0.4, 0.5) is 14.5 Å². The number of rotatable bonds is 6. The predicted octanol–water partition coefficient (Wildman–Crippen LogP) is 6.15. The van der Waals surface area contributed by atoms with E-state index < -0.39 is 18.3 Å². The molecule has 5 aromatic rings. The zero-order valence-electron chi connectivity index (χ0n) is 21.1. The van der Waals surface area contributed by atoms with Gasteiger partial charge in [0.05, 0.1) is 34.4 Å². The second-order valence-electron chi connectivity index (χ2n) is 9.39. The first kappa shape index (κ1) is 25.1. The van der Waals surface area contributed by atoms with Crippen molar-refractivity contribution in [3.05, 3.63) is 100.0 Å². The molecule has 3 heterocycles. The molecule has 9 nitrogen and oxygen atoms in total. The lowest BCUT2D eigenvalue weighted by Gasteiger charge is -2.19. The van der Waals surface area contributed by atoms with Crippen molar-refractivity contribution in [1.29, 1.82) is 0 Å². The number of ether oxygens (including phenoxy) is 2. The Morgan fingerprint density at radius 2 is 1.85 bits per heavy atom. The number of hydrogen-bond acceptors (Lipinski definition) is 7. The topological polar surface area (TPSA) is 116 Å². The molecule has 40 heavy (non-hydrogen) atoms. The standard InChI is InChI=1S/C29H21F2N3O6/c1-15-9-20(16(2)33-22-6-4-3-5-19(22)28(36)37)27-21(10-15)23(35)12-25(38-27)17-13-32-34(14-17)18-7-8-24-26(11-18)40-29(30,31)39-24/h3-14,16,33H,1-2H3,(H,36,37). The molecular weight excluding hydrogens is 524 g/mol. The summed E-state index contributed by atoms with van der Waals surface area (Å²) in [5.74, 6) is -1.02. The van der Waals surface area contributed by atoms with Gasteiger partial charge in [0.2, 0.25) is 0 Å². The first-order valence-electron chi connectivity index (χ1n) is 12.2. The van der Waals surface area contributed by atoms with Crippen molar-refractivity contribution in [3.8, 4) is 28.5 Å². The number of alkyl halides is 2. The second-order valence-corrected chi connectivity index (χ2v) is 9.39. The third-order valence-corrected chi connectivity index (χ3v) is 6.51. The number of aromatic carboxylic acids is 1. The lowest BCUT2D eigenvalue weighted by Crippen LogP contribution is -2.25. The van der Waals surface area contributed by atoms with E-state index in [2.05, 4.69) is 19.9 Å². The lowest BCUT2D eigenvalue weighted by molar-refractivity contribution is -0.286. The zero-order chi connectivity index (χ0) is 28.2. The highest BCUT2D eigenvalue weighted by atomic mass is 19.3. The van der Waals surface area contributed by atoms with Gasteiger partial charge in [0.1, 0.15) is 11.3 Å². The summed E-state index contributed by atoms with van der Waals surface area (Å²) in [4.78, 5) is 24.9. The lowest BCUT2D eigenvalue weighted by atomic mass is 10.0. The SMILES string of the molecule is Cc1cc(C(C)Nc2ccccc2C(=O)O)c2oc(-c3cnn(-c4ccc5c(c4)OC(F)(F)O5)c3)cc(=O)c2c1. The van der Waals surface area contributed by atoms with E-state index in [0.717, 1.165) is 5.56 Å². The summed E-state index contributed by atoms with van der Waals surface area (Å²) in [5, 5.41) is 17.5. The van der Waals surface area contributed by atoms with Crippen LogP contribution < -0.4 is 20.2 Å². The van der Waals surface area contributed by atoms with Crippen molar-refractivity contribution >= 4 is 22.6 Å². The van der Waals surface area contributed by atoms with Crippen LogP contribution in [-0.4, -0.2) is 27.2 Å². The smallest absolute Gasteiger partial charge is 0.478 e. The number of aryl methyl sites for hydroxylation is 1. The van der Waals surface area contributed by atoms with E-state index in [9.17, 15) is 23.5 Å². The normalized spacial score (nSPS) is 14.3. The number of nitrogens with zero attached hydrogens (tertiary/aromatic N) is 2. The summed E-state index contributed by atoms with van der Waals surface area (Å²) in [6.07, 6.45) is -0.650. The van der Waals surface area contributed by atoms with Crippen LogP contribution in [0.15, 0.2) is 82.3 Å². The van der Waals surface area contributed by atoms with Gasteiger partial charge in [-0.3, -0.25) is 4.79 Å². The van der Waals surface area contributed by atoms with Crippen LogP contribution in [0.5, 0.6) is 11.5 Å². The summed E-state index contributed by atoms with van der Waals surface area (Å²) in [5.41, 5.74) is 3.04. The summed E-state index contributed by atoms with van der Waals surface area (Å²) in [7, 11) is 0. The fraction of sp³-hybridized carbons (Fsp3) is 0.138. The van der Waals surface area contributed by atoms with Gasteiger partial charge in [-0.15, -0.1) is 8.78 Å². The Morgan fingerprint density at radius 3 is 2.65 bits per heavy atom. The number of para-hydroxylation sites is 1. The number of fused-ring (bicyclic) bond motifs is 2. The number of nitrogens with one attached hydrogen (secondary N) is 1. The van der Waals surface area contributed by atoms with Crippen LogP contribution in [0.1, 0.15) is 34.5 Å². The molecule has 1 aliphatic rings. The van der Waals surface area contributed by atoms with Crippen LogP contribution in [0.25, 0.3) is 28.0 Å². The molecule has 0 saturated carbocycles. The maximum Gasteiger partial charge on any atom is 0.586 e. The van der Waals surface area contributed by atoms with E-state index in [1.807, 2.05) is 19.9 Å². The van der Waals surface area contributed by atoms with Gasteiger partial charge in [0.15, 0.2) is 16.9 Å². The summed E-state index contributed by atoms with van der Waals surface area (Å²) < 4.78 is 43.5. The van der Waals surface area contributed by atoms with Crippen LogP contribution in [0, 0.1) is 6.92 Å². The molecule has 0 spiro atoms. The summed E-state index contributed by atoms with van der Waals surface area (Å²) in [6.45, 7) is 3.71. The van der Waals surface area contributed by atoms with E-state index in [-0.39, 0.29) is 28.3 Å². The molecule has 2 N–H and O–H groups in total. The molecular formula is C29H21F2N3O6. The molecule has 1 aliphatic heterocycles. The Kier molecular flexibility index (Phi) is 5.79. The first-order valence-corrected chi connectivity index (χ1v) is 12.2. The molecule has 6 rings (SSSR count). The minimum Gasteiger partial charge on any atom is -0.478 e. The predicted molar refractivity (Wildman–Crippen MR) is 141 cm³/mol. The maximum absolute atomic E-state index is 13.4. The molecule has 0 saturated heterocycles. The quantitative estimate of drug-likeness (QED) is 0.261. The van der Waals surface area contributed by atoms with Crippen LogP contribution in [0.3, 0.4) is 0 Å². The van der Waals surface area contributed by atoms with Crippen molar-refractivity contribution in [3.63, 3.8) is 0 Å². The highest BCUT2D eigenvalue weighted by Gasteiger charge is 2.43. The fourth-order valence-corrected chi connectivity index (χ4v) is 4.68. The molecule has 11 heteroatoms. The van der Waals surface area contributed by atoms with Gasteiger partial charge in [-0.2, -0.15) is 5.10 Å². The molecule has 0 bridgehead atoms. The molecule has 0 aliphatic carbocycles. The van der Waals surface area contributed by atoms with Gasteiger partial charge in [-0.05, 0) is 49.7 Å². The van der Waals surface area contributed by atoms with Crippen molar-refractivity contribution in [2.24, 2.45) is 0 Å². The van der Waals surface area contributed by atoms with Gasteiger partial charge in [0, 0.05) is 29.6 Å². The molecule has 202 valence electrons. The van der Waals surface area contributed by atoms with E-state index in [4.69, 9.17) is 4.42 Å². The number of carboxylic acid groups (broad SMARTS) is 1. The van der Waals surface area contributed by atoms with Crippen molar-refractivity contribution in [2.75, 3.05) is 5.32 Å². The van der Waals surface area contributed by atoms with Crippen molar-refractivity contribution in [2.45, 2.75) is 26.2 Å². The monoisotopic (exact) mass is 545 g/mol. The van der Waals surface area contributed by atoms with Crippen LogP contribution in [0.2, 0.25) is 0 Å². The number of anilines is 1. The molecule has 1 unspecified atom stereocenters. The number of benzene rings is 3. The van der Waals surface area contributed by atoms with Gasteiger partial charge in [-0.1, -0.05) is 18.2 Å². The molecule has 1 atom stereocenters. The Hall–Kier alpha value is -5.19. The summed E-state index contributed by atoms with van der Waals surface area (Å²) in [6, 6.07) is 15.4. The van der Waals surface area contributed by atoms with E-state index >= 15 is 0 Å². The average molecular weight is 545 g/mol. The molecule has 3 aromatic carbocycles.